The molecular formula is C30H23F3N4O2. The second-order valence-corrected chi connectivity index (χ2v) is 9.15. The van der Waals surface area contributed by atoms with Crippen LogP contribution in [0, 0.1) is 11.3 Å². The maximum Gasteiger partial charge on any atom is 0.416 e. The number of esters is 1. The molecule has 1 aliphatic rings. The van der Waals surface area contributed by atoms with E-state index in [0.29, 0.717) is 22.5 Å². The Kier molecular flexibility index (Phi) is 7.28. The molecule has 0 bridgehead atoms. The van der Waals surface area contributed by atoms with Gasteiger partial charge in [-0.25, -0.2) is 4.79 Å². The molecule has 0 atom stereocenters. The van der Waals surface area contributed by atoms with E-state index in [2.05, 4.69) is 16.3 Å². The number of ether oxygens (including phenoxy) is 1. The fraction of sp³-hybridized carbons (Fsp3) is 0.200. The first kappa shape index (κ1) is 25.9. The second-order valence-electron chi connectivity index (χ2n) is 9.15. The first-order chi connectivity index (χ1) is 18.8. The number of carbonyl (C=O) groups is 1. The summed E-state index contributed by atoms with van der Waals surface area (Å²) < 4.78 is 46.4. The van der Waals surface area contributed by atoms with Gasteiger partial charge in [0.15, 0.2) is 5.82 Å². The third-order valence-corrected chi connectivity index (χ3v) is 6.54. The number of nitriles is 1. The van der Waals surface area contributed by atoms with E-state index in [9.17, 15) is 23.2 Å². The molecule has 196 valence electrons. The van der Waals surface area contributed by atoms with Gasteiger partial charge in [-0.05, 0) is 65.9 Å². The van der Waals surface area contributed by atoms with Crippen LogP contribution in [0.25, 0.3) is 22.8 Å². The molecule has 6 nitrogen and oxygen atoms in total. The summed E-state index contributed by atoms with van der Waals surface area (Å²) >= 11 is 0. The van der Waals surface area contributed by atoms with Gasteiger partial charge in [-0.2, -0.15) is 18.4 Å². The summed E-state index contributed by atoms with van der Waals surface area (Å²) in [6.07, 6.45) is 1.29. The van der Waals surface area contributed by atoms with Crippen LogP contribution in [-0.4, -0.2) is 20.7 Å². The minimum atomic E-state index is -4.44. The summed E-state index contributed by atoms with van der Waals surface area (Å²) in [7, 11) is 0. The van der Waals surface area contributed by atoms with Gasteiger partial charge in [0.1, 0.15) is 17.6 Å². The van der Waals surface area contributed by atoms with Crippen LogP contribution in [0.1, 0.15) is 52.4 Å². The highest BCUT2D eigenvalue weighted by atomic mass is 19.4. The Hall–Kier alpha value is -4.71. The molecule has 1 aliphatic heterocycles. The Morgan fingerprint density at radius 3 is 2.41 bits per heavy atom. The van der Waals surface area contributed by atoms with E-state index in [1.165, 1.54) is 12.1 Å². The predicted octanol–water partition coefficient (Wildman–Crippen LogP) is 6.97. The lowest BCUT2D eigenvalue weighted by atomic mass is 9.98. The minimum Gasteiger partial charge on any atom is -0.423 e. The van der Waals surface area contributed by atoms with Crippen molar-refractivity contribution in [3.63, 3.8) is 0 Å². The molecule has 39 heavy (non-hydrogen) atoms. The maximum absolute atomic E-state index is 13.0. The summed E-state index contributed by atoms with van der Waals surface area (Å²) in [5, 5.41) is 18.3. The normalized spacial score (nSPS) is 13.7. The summed E-state index contributed by atoms with van der Waals surface area (Å²) in [6, 6.07) is 20.1. The molecule has 3 aromatic carbocycles. The number of hydrogen-bond donors (Lipinski definition) is 0. The number of carbonyl (C=O) groups excluding carboxylic acids is 1. The third kappa shape index (κ3) is 5.75. The average Bonchev–Trinajstić information content (AvgIpc) is 3.19. The second kappa shape index (κ2) is 11.0. The average molecular weight is 529 g/mol. The van der Waals surface area contributed by atoms with Crippen LogP contribution in [0.2, 0.25) is 0 Å². The van der Waals surface area contributed by atoms with E-state index in [4.69, 9.17) is 4.74 Å². The van der Waals surface area contributed by atoms with Crippen LogP contribution < -0.4 is 4.74 Å². The lowest BCUT2D eigenvalue weighted by molar-refractivity contribution is -0.137. The van der Waals surface area contributed by atoms with E-state index < -0.39 is 17.7 Å². The van der Waals surface area contributed by atoms with Crippen molar-refractivity contribution in [2.45, 2.75) is 38.4 Å². The van der Waals surface area contributed by atoms with Crippen LogP contribution >= 0.6 is 0 Å². The van der Waals surface area contributed by atoms with Gasteiger partial charge in [0.05, 0.1) is 16.7 Å². The molecular weight excluding hydrogens is 505 g/mol. The van der Waals surface area contributed by atoms with Gasteiger partial charge in [-0.15, -0.1) is 10.2 Å². The highest BCUT2D eigenvalue weighted by Gasteiger charge is 2.30. The quantitative estimate of drug-likeness (QED) is 0.159. The molecule has 0 unspecified atom stereocenters. The van der Waals surface area contributed by atoms with E-state index in [-0.39, 0.29) is 11.3 Å². The van der Waals surface area contributed by atoms with Crippen LogP contribution in [0.3, 0.4) is 0 Å². The van der Waals surface area contributed by atoms with Crippen molar-refractivity contribution in [1.29, 1.82) is 5.26 Å². The van der Waals surface area contributed by atoms with Gasteiger partial charge in [0, 0.05) is 13.0 Å². The molecule has 0 spiro atoms. The Balaban J connectivity index is 1.34. The molecule has 0 saturated heterocycles. The summed E-state index contributed by atoms with van der Waals surface area (Å²) in [6.45, 7) is 0.777. The van der Waals surface area contributed by atoms with Gasteiger partial charge >= 0.3 is 12.1 Å². The summed E-state index contributed by atoms with van der Waals surface area (Å²) in [4.78, 5) is 13.0. The zero-order valence-corrected chi connectivity index (χ0v) is 20.8. The van der Waals surface area contributed by atoms with Gasteiger partial charge in [-0.3, -0.25) is 0 Å². The standard InChI is InChI=1S/C30H23F3N4O2/c31-30(32,33)23-13-11-21(12-14-23)25-6-3-4-7-26(25)29(38)39-24-15-9-20(10-16-24)18-22(19-34)28-36-35-27-8-2-1-5-17-37(27)28/h3-4,6-7,9-16,18H,1-2,5,8,17H2/b22-18-. The third-order valence-electron chi connectivity index (χ3n) is 6.54. The number of hydrogen-bond acceptors (Lipinski definition) is 5. The number of aryl methyl sites for hydroxylation is 1. The van der Waals surface area contributed by atoms with Crippen molar-refractivity contribution in [2.75, 3.05) is 0 Å². The highest BCUT2D eigenvalue weighted by Crippen LogP contribution is 2.32. The predicted molar refractivity (Wildman–Crippen MR) is 139 cm³/mol. The Bertz CT molecular complexity index is 1560. The van der Waals surface area contributed by atoms with E-state index in [1.54, 1.807) is 54.6 Å². The van der Waals surface area contributed by atoms with Crippen molar-refractivity contribution in [1.82, 2.24) is 14.8 Å². The summed E-state index contributed by atoms with van der Waals surface area (Å²) in [5.74, 6) is 1.08. The Morgan fingerprint density at radius 2 is 1.69 bits per heavy atom. The lowest BCUT2D eigenvalue weighted by Gasteiger charge is -2.11. The van der Waals surface area contributed by atoms with Crippen LogP contribution in [-0.2, 0) is 19.1 Å². The number of allylic oxidation sites excluding steroid dienone is 1. The van der Waals surface area contributed by atoms with E-state index >= 15 is 0 Å². The molecule has 0 saturated carbocycles. The molecule has 1 aromatic heterocycles. The number of benzene rings is 3. The lowest BCUT2D eigenvalue weighted by Crippen LogP contribution is -2.10. The Labute approximate surface area is 223 Å². The molecule has 0 N–H and O–H groups in total. The topological polar surface area (TPSA) is 80.8 Å². The maximum atomic E-state index is 13.0. The number of alkyl halides is 3. The van der Waals surface area contributed by atoms with Crippen LogP contribution in [0.15, 0.2) is 72.8 Å². The molecule has 0 amide bonds. The molecule has 9 heteroatoms. The van der Waals surface area contributed by atoms with Crippen LogP contribution in [0.4, 0.5) is 13.2 Å². The fourth-order valence-corrected chi connectivity index (χ4v) is 4.54. The fourth-order valence-electron chi connectivity index (χ4n) is 4.54. The minimum absolute atomic E-state index is 0.223. The molecule has 4 aromatic rings. The monoisotopic (exact) mass is 528 g/mol. The van der Waals surface area contributed by atoms with Gasteiger partial charge in [0.25, 0.3) is 0 Å². The molecule has 0 aliphatic carbocycles. The highest BCUT2D eigenvalue weighted by molar-refractivity contribution is 5.98. The number of fused-ring (bicyclic) bond motifs is 1. The molecule has 0 fully saturated rings. The number of aromatic nitrogens is 3. The zero-order chi connectivity index (χ0) is 27.4. The van der Waals surface area contributed by atoms with E-state index in [0.717, 1.165) is 55.7 Å². The number of nitrogens with zero attached hydrogens (tertiary/aromatic N) is 4. The van der Waals surface area contributed by atoms with Crippen molar-refractivity contribution in [3.05, 3.63) is 101 Å². The molecule has 5 rings (SSSR count). The SMILES string of the molecule is N#C/C(=C/c1ccc(OC(=O)c2ccccc2-c2ccc(C(F)(F)F)cc2)cc1)c1nnc2n1CCCCC2. The smallest absolute Gasteiger partial charge is 0.416 e. The first-order valence-electron chi connectivity index (χ1n) is 12.5. The largest absolute Gasteiger partial charge is 0.423 e. The first-order valence-corrected chi connectivity index (χ1v) is 12.5. The van der Waals surface area contributed by atoms with Crippen molar-refractivity contribution in [2.24, 2.45) is 0 Å². The van der Waals surface area contributed by atoms with Crippen molar-refractivity contribution < 1.29 is 22.7 Å². The van der Waals surface area contributed by atoms with Crippen molar-refractivity contribution in [3.8, 4) is 22.9 Å². The molecule has 2 heterocycles. The Morgan fingerprint density at radius 1 is 0.949 bits per heavy atom. The van der Waals surface area contributed by atoms with Gasteiger partial charge in [-0.1, -0.05) is 48.9 Å². The van der Waals surface area contributed by atoms with Gasteiger partial charge in [0.2, 0.25) is 0 Å². The summed E-state index contributed by atoms with van der Waals surface area (Å²) in [5.41, 5.74) is 1.50. The number of halogens is 3. The number of rotatable bonds is 5. The van der Waals surface area contributed by atoms with E-state index in [1.807, 2.05) is 4.57 Å². The molecule has 0 radical (unpaired) electrons. The van der Waals surface area contributed by atoms with Crippen molar-refractivity contribution >= 4 is 17.6 Å². The van der Waals surface area contributed by atoms with Crippen LogP contribution in [0.5, 0.6) is 5.75 Å². The zero-order valence-electron chi connectivity index (χ0n) is 20.8. The van der Waals surface area contributed by atoms with Gasteiger partial charge < -0.3 is 9.30 Å².